The van der Waals surface area contributed by atoms with Crippen molar-refractivity contribution in [3.8, 4) is 0 Å². The fourth-order valence-electron chi connectivity index (χ4n) is 1.33. The molecule has 0 heterocycles. The zero-order valence-corrected chi connectivity index (χ0v) is 10.5. The number of anilines is 1. The summed E-state index contributed by atoms with van der Waals surface area (Å²) >= 11 is 0. The number of rotatable bonds is 6. The monoisotopic (exact) mass is 269 g/mol. The molecule has 6 nitrogen and oxygen atoms in total. The maximum absolute atomic E-state index is 13.6. The van der Waals surface area contributed by atoms with Crippen LogP contribution in [0.2, 0.25) is 0 Å². The Morgan fingerprint density at radius 1 is 1.58 bits per heavy atom. The van der Waals surface area contributed by atoms with Gasteiger partial charge in [0.25, 0.3) is 0 Å². The Balaban J connectivity index is 2.67. The lowest BCUT2D eigenvalue weighted by Crippen LogP contribution is -2.20. The first-order valence-electron chi connectivity index (χ1n) is 5.73. The van der Waals surface area contributed by atoms with Gasteiger partial charge in [0, 0.05) is 12.2 Å². The van der Waals surface area contributed by atoms with E-state index >= 15 is 0 Å². The van der Waals surface area contributed by atoms with E-state index in [1.54, 1.807) is 0 Å². The fourth-order valence-corrected chi connectivity index (χ4v) is 1.33. The van der Waals surface area contributed by atoms with E-state index in [0.29, 0.717) is 6.61 Å². The molecule has 0 aliphatic heterocycles. The van der Waals surface area contributed by atoms with E-state index in [-0.39, 0.29) is 23.7 Å². The largest absolute Gasteiger partial charge is 0.409 e. The highest BCUT2D eigenvalue weighted by Crippen LogP contribution is 2.15. The predicted molar refractivity (Wildman–Crippen MR) is 68.7 cm³/mol. The Bertz CT molecular complexity index is 477. The highest BCUT2D eigenvalue weighted by Gasteiger charge is 2.09. The van der Waals surface area contributed by atoms with Crippen molar-refractivity contribution in [3.05, 3.63) is 29.6 Å². The smallest absolute Gasteiger partial charge is 0.250 e. The summed E-state index contributed by atoms with van der Waals surface area (Å²) < 4.78 is 18.7. The van der Waals surface area contributed by atoms with E-state index in [4.69, 9.17) is 15.7 Å². The van der Waals surface area contributed by atoms with Crippen LogP contribution in [0.1, 0.15) is 18.9 Å². The van der Waals surface area contributed by atoms with Gasteiger partial charge in [-0.25, -0.2) is 4.39 Å². The van der Waals surface area contributed by atoms with Crippen molar-refractivity contribution >= 4 is 17.4 Å². The third-order valence-electron chi connectivity index (χ3n) is 2.23. The van der Waals surface area contributed by atoms with Crippen LogP contribution >= 0.6 is 0 Å². The summed E-state index contributed by atoms with van der Waals surface area (Å²) in [4.78, 5) is 11.4. The lowest BCUT2D eigenvalue weighted by atomic mass is 10.2. The van der Waals surface area contributed by atoms with Gasteiger partial charge in [-0.05, 0) is 24.6 Å². The van der Waals surface area contributed by atoms with Gasteiger partial charge in [-0.1, -0.05) is 12.1 Å². The lowest BCUT2D eigenvalue weighted by Gasteiger charge is -2.08. The maximum Gasteiger partial charge on any atom is 0.250 e. The number of hydrogen-bond acceptors (Lipinski definition) is 4. The average Bonchev–Trinajstić information content (AvgIpc) is 2.40. The van der Waals surface area contributed by atoms with E-state index in [1.807, 2.05) is 6.92 Å². The summed E-state index contributed by atoms with van der Waals surface area (Å²) in [7, 11) is 0. The molecule has 0 atom stereocenters. The van der Waals surface area contributed by atoms with Crippen LogP contribution in [0.25, 0.3) is 0 Å². The first-order chi connectivity index (χ1) is 9.08. The Hall–Kier alpha value is -2.15. The third kappa shape index (κ3) is 4.55. The van der Waals surface area contributed by atoms with Gasteiger partial charge in [0.15, 0.2) is 5.84 Å². The van der Waals surface area contributed by atoms with Crippen molar-refractivity contribution in [2.24, 2.45) is 10.9 Å². The molecule has 4 N–H and O–H groups in total. The molecular formula is C12H16FN3O3. The van der Waals surface area contributed by atoms with Crippen molar-refractivity contribution in [3.63, 3.8) is 0 Å². The summed E-state index contributed by atoms with van der Waals surface area (Å²) in [6, 6.07) is 3.83. The van der Waals surface area contributed by atoms with Crippen LogP contribution in [-0.2, 0) is 9.53 Å². The summed E-state index contributed by atoms with van der Waals surface area (Å²) in [6.45, 7) is 2.26. The van der Waals surface area contributed by atoms with E-state index in [1.165, 1.54) is 12.1 Å². The van der Waals surface area contributed by atoms with Crippen molar-refractivity contribution in [2.45, 2.75) is 13.3 Å². The Morgan fingerprint density at radius 2 is 2.32 bits per heavy atom. The second-order valence-corrected chi connectivity index (χ2v) is 3.78. The maximum atomic E-state index is 13.6. The molecule has 0 bridgehead atoms. The van der Waals surface area contributed by atoms with Crippen molar-refractivity contribution in [1.29, 1.82) is 0 Å². The zero-order chi connectivity index (χ0) is 14.3. The van der Waals surface area contributed by atoms with Crippen LogP contribution in [0.15, 0.2) is 23.4 Å². The van der Waals surface area contributed by atoms with Gasteiger partial charge in [0.1, 0.15) is 12.4 Å². The summed E-state index contributed by atoms with van der Waals surface area (Å²) in [6.07, 6.45) is 0.802. The number of hydrogen-bond donors (Lipinski definition) is 3. The number of halogens is 1. The number of oxime groups is 1. The van der Waals surface area contributed by atoms with Crippen LogP contribution in [-0.4, -0.2) is 30.2 Å². The van der Waals surface area contributed by atoms with Crippen LogP contribution in [0.4, 0.5) is 10.1 Å². The molecule has 0 aliphatic rings. The second kappa shape index (κ2) is 7.32. The third-order valence-corrected chi connectivity index (χ3v) is 2.23. The molecule has 0 aliphatic carbocycles. The molecule has 0 spiro atoms. The molecule has 0 radical (unpaired) electrons. The van der Waals surface area contributed by atoms with Gasteiger partial charge in [-0.15, -0.1) is 0 Å². The van der Waals surface area contributed by atoms with Crippen molar-refractivity contribution in [1.82, 2.24) is 0 Å². The first kappa shape index (κ1) is 14.9. The minimum Gasteiger partial charge on any atom is -0.409 e. The Labute approximate surface area is 110 Å². The van der Waals surface area contributed by atoms with E-state index in [2.05, 4.69) is 10.5 Å². The quantitative estimate of drug-likeness (QED) is 0.238. The van der Waals surface area contributed by atoms with E-state index in [9.17, 15) is 9.18 Å². The molecule has 1 aromatic rings. The normalized spacial score (nSPS) is 11.4. The molecule has 19 heavy (non-hydrogen) atoms. The van der Waals surface area contributed by atoms with E-state index < -0.39 is 11.7 Å². The summed E-state index contributed by atoms with van der Waals surface area (Å²) in [5.74, 6) is -1.32. The number of amides is 1. The Morgan fingerprint density at radius 3 is 2.89 bits per heavy atom. The standard InChI is InChI=1S/C12H16FN3O3/c1-2-5-19-7-11(17)15-10-4-3-8(6-9(10)13)12(14)16-18/h3-4,6,18H,2,5,7H2,1H3,(H2,14,16)(H,15,17). The SMILES string of the molecule is CCCOCC(=O)Nc1ccc(/C(N)=N/O)cc1F. The number of benzene rings is 1. The molecule has 104 valence electrons. The molecule has 1 aromatic carbocycles. The highest BCUT2D eigenvalue weighted by molar-refractivity contribution is 5.98. The summed E-state index contributed by atoms with van der Waals surface area (Å²) in [5.41, 5.74) is 5.56. The number of nitrogens with zero attached hydrogens (tertiary/aromatic N) is 1. The average molecular weight is 269 g/mol. The second-order valence-electron chi connectivity index (χ2n) is 3.78. The van der Waals surface area contributed by atoms with Gasteiger partial charge >= 0.3 is 0 Å². The molecular weight excluding hydrogens is 253 g/mol. The lowest BCUT2D eigenvalue weighted by molar-refractivity contribution is -0.120. The molecule has 1 amide bonds. The molecule has 1 rings (SSSR count). The van der Waals surface area contributed by atoms with Crippen molar-refractivity contribution in [2.75, 3.05) is 18.5 Å². The van der Waals surface area contributed by atoms with Gasteiger partial charge in [0.2, 0.25) is 5.91 Å². The minimum absolute atomic E-state index is 0.0135. The van der Waals surface area contributed by atoms with Crippen LogP contribution in [0.5, 0.6) is 0 Å². The topological polar surface area (TPSA) is 96.9 Å². The number of nitrogens with one attached hydrogen (secondary N) is 1. The highest BCUT2D eigenvalue weighted by atomic mass is 19.1. The first-order valence-corrected chi connectivity index (χ1v) is 5.73. The Kier molecular flexibility index (Phi) is 5.74. The number of carbonyl (C=O) groups is 1. The number of carbonyl (C=O) groups excluding carboxylic acids is 1. The van der Waals surface area contributed by atoms with E-state index in [0.717, 1.165) is 12.5 Å². The molecule has 0 unspecified atom stereocenters. The van der Waals surface area contributed by atoms with Gasteiger partial charge in [-0.2, -0.15) is 0 Å². The number of ether oxygens (including phenoxy) is 1. The zero-order valence-electron chi connectivity index (χ0n) is 10.5. The molecule has 0 saturated heterocycles. The van der Waals surface area contributed by atoms with Crippen molar-refractivity contribution < 1.29 is 19.1 Å². The fraction of sp³-hybridized carbons (Fsp3) is 0.333. The molecule has 0 fully saturated rings. The van der Waals surface area contributed by atoms with Crippen LogP contribution < -0.4 is 11.1 Å². The predicted octanol–water partition coefficient (Wildman–Crippen LogP) is 1.29. The number of nitrogens with two attached hydrogens (primary N) is 1. The van der Waals surface area contributed by atoms with Gasteiger partial charge in [-0.3, -0.25) is 4.79 Å². The number of amidine groups is 1. The molecule has 7 heteroatoms. The van der Waals surface area contributed by atoms with Gasteiger partial charge in [0.05, 0.1) is 5.69 Å². The van der Waals surface area contributed by atoms with Crippen LogP contribution in [0, 0.1) is 5.82 Å². The van der Waals surface area contributed by atoms with Gasteiger partial charge < -0.3 is 21.0 Å². The summed E-state index contributed by atoms with van der Waals surface area (Å²) in [5, 5.41) is 13.6. The molecule has 0 saturated carbocycles. The van der Waals surface area contributed by atoms with Crippen LogP contribution in [0.3, 0.4) is 0 Å². The molecule has 0 aromatic heterocycles. The minimum atomic E-state index is -0.673.